The number of anilines is 1. The van der Waals surface area contributed by atoms with Gasteiger partial charge in [-0.25, -0.2) is 22.4 Å². The van der Waals surface area contributed by atoms with E-state index in [1.165, 1.54) is 6.07 Å². The molecule has 0 unspecified atom stereocenters. The van der Waals surface area contributed by atoms with Gasteiger partial charge in [0.2, 0.25) is 0 Å². The highest BCUT2D eigenvalue weighted by atomic mass is 32.2. The van der Waals surface area contributed by atoms with Gasteiger partial charge in [0, 0.05) is 18.5 Å². The van der Waals surface area contributed by atoms with Gasteiger partial charge in [0.25, 0.3) is 0 Å². The molecule has 0 spiro atoms. The molecule has 0 saturated heterocycles. The summed E-state index contributed by atoms with van der Waals surface area (Å²) in [5, 5.41) is 13.4. The smallest absolute Gasteiger partial charge is 0.338 e. The van der Waals surface area contributed by atoms with E-state index in [1.807, 2.05) is 0 Å². The zero-order valence-corrected chi connectivity index (χ0v) is 12.0. The van der Waals surface area contributed by atoms with Crippen molar-refractivity contribution in [1.29, 1.82) is 0 Å². The largest absolute Gasteiger partial charge is 0.478 e. The van der Waals surface area contributed by atoms with Gasteiger partial charge in [0.1, 0.15) is 15.7 Å². The van der Waals surface area contributed by atoms with Crippen molar-refractivity contribution >= 4 is 27.5 Å². The van der Waals surface area contributed by atoms with Crippen molar-refractivity contribution < 1.29 is 27.5 Å². The number of hydrogen-bond donors (Lipinski definition) is 3. The molecule has 0 heterocycles. The average Bonchev–Trinajstić information content (AvgIpc) is 2.33. The Hall–Kier alpha value is -2.16. The first-order valence-corrected chi connectivity index (χ1v) is 8.00. The van der Waals surface area contributed by atoms with E-state index in [1.54, 1.807) is 0 Å². The van der Waals surface area contributed by atoms with Crippen molar-refractivity contribution in [2.24, 2.45) is 0 Å². The first-order valence-electron chi connectivity index (χ1n) is 5.94. The lowest BCUT2D eigenvalue weighted by atomic mass is 10.2. The molecule has 0 radical (unpaired) electrons. The number of amides is 2. The molecule has 1 aromatic carbocycles. The van der Waals surface area contributed by atoms with Crippen molar-refractivity contribution in [2.75, 3.05) is 23.9 Å². The fourth-order valence-electron chi connectivity index (χ4n) is 1.48. The lowest BCUT2D eigenvalue weighted by Crippen LogP contribution is -2.30. The van der Waals surface area contributed by atoms with Gasteiger partial charge < -0.3 is 15.7 Å². The van der Waals surface area contributed by atoms with E-state index in [0.29, 0.717) is 0 Å². The molecule has 0 fully saturated rings. The van der Waals surface area contributed by atoms with E-state index < -0.39 is 33.2 Å². The van der Waals surface area contributed by atoms with Gasteiger partial charge in [-0.15, -0.1) is 0 Å². The van der Waals surface area contributed by atoms with Gasteiger partial charge in [-0.3, -0.25) is 0 Å². The van der Waals surface area contributed by atoms with E-state index in [0.717, 1.165) is 18.4 Å². The van der Waals surface area contributed by atoms with Crippen LogP contribution in [0.1, 0.15) is 16.8 Å². The molecule has 3 N–H and O–H groups in total. The Bertz CT molecular complexity index is 645. The van der Waals surface area contributed by atoms with E-state index in [2.05, 4.69) is 10.6 Å². The minimum absolute atomic E-state index is 0.0464. The molecular formula is C12H15FN2O5S. The number of aromatic carboxylic acids is 1. The zero-order valence-electron chi connectivity index (χ0n) is 11.2. The molecule has 0 aliphatic carbocycles. The number of rotatable bonds is 6. The maximum atomic E-state index is 13.4. The summed E-state index contributed by atoms with van der Waals surface area (Å²) in [6, 6.07) is 2.55. The predicted octanol–water partition coefficient (Wildman–Crippen LogP) is 1.08. The zero-order chi connectivity index (χ0) is 16.0. The molecule has 0 aromatic heterocycles. The van der Waals surface area contributed by atoms with Crippen LogP contribution in [0.25, 0.3) is 0 Å². The van der Waals surface area contributed by atoms with Crippen molar-refractivity contribution in [3.63, 3.8) is 0 Å². The molecule has 7 nitrogen and oxygen atoms in total. The van der Waals surface area contributed by atoms with Crippen LogP contribution in [0.15, 0.2) is 18.2 Å². The standard InChI is InChI=1S/C12H15FN2O5S/c1-21(19,20)6-2-5-14-12(18)15-8-3-4-9(11(16)17)10(13)7-8/h3-4,7H,2,5-6H2,1H3,(H,16,17)(H2,14,15,18). The Balaban J connectivity index is 2.48. The molecule has 116 valence electrons. The van der Waals surface area contributed by atoms with Crippen molar-refractivity contribution in [3.05, 3.63) is 29.6 Å². The highest BCUT2D eigenvalue weighted by molar-refractivity contribution is 7.90. The summed E-state index contributed by atoms with van der Waals surface area (Å²) in [6.07, 6.45) is 1.36. The summed E-state index contributed by atoms with van der Waals surface area (Å²) in [5.41, 5.74) is -0.396. The average molecular weight is 318 g/mol. The molecule has 0 saturated carbocycles. The number of sulfone groups is 1. The van der Waals surface area contributed by atoms with E-state index in [4.69, 9.17) is 5.11 Å². The maximum Gasteiger partial charge on any atom is 0.338 e. The van der Waals surface area contributed by atoms with Crippen LogP contribution in [0, 0.1) is 5.82 Å². The van der Waals surface area contributed by atoms with E-state index in [9.17, 15) is 22.4 Å². The van der Waals surface area contributed by atoms with Gasteiger partial charge in [-0.05, 0) is 24.6 Å². The Morgan fingerprint density at radius 2 is 2.00 bits per heavy atom. The minimum Gasteiger partial charge on any atom is -0.478 e. The van der Waals surface area contributed by atoms with Gasteiger partial charge >= 0.3 is 12.0 Å². The fraction of sp³-hybridized carbons (Fsp3) is 0.333. The molecule has 0 aliphatic heterocycles. The monoisotopic (exact) mass is 318 g/mol. The number of carbonyl (C=O) groups excluding carboxylic acids is 1. The number of nitrogens with one attached hydrogen (secondary N) is 2. The second-order valence-corrected chi connectivity index (χ2v) is 6.62. The Morgan fingerprint density at radius 3 is 2.52 bits per heavy atom. The third-order valence-corrected chi connectivity index (χ3v) is 3.47. The third-order valence-electron chi connectivity index (χ3n) is 2.43. The number of halogens is 1. The van der Waals surface area contributed by atoms with Crippen LogP contribution in [-0.2, 0) is 9.84 Å². The number of carbonyl (C=O) groups is 2. The quantitative estimate of drug-likeness (QED) is 0.679. The molecule has 1 rings (SSSR count). The molecule has 21 heavy (non-hydrogen) atoms. The first-order chi connectivity index (χ1) is 9.69. The van der Waals surface area contributed by atoms with Crippen LogP contribution in [-0.4, -0.2) is 44.1 Å². The van der Waals surface area contributed by atoms with E-state index >= 15 is 0 Å². The van der Waals surface area contributed by atoms with Gasteiger partial charge in [-0.1, -0.05) is 0 Å². The van der Waals surface area contributed by atoms with Gasteiger partial charge in [0.15, 0.2) is 0 Å². The lowest BCUT2D eigenvalue weighted by molar-refractivity contribution is 0.0692. The van der Waals surface area contributed by atoms with Gasteiger partial charge in [-0.2, -0.15) is 0 Å². The van der Waals surface area contributed by atoms with Crippen molar-refractivity contribution in [1.82, 2.24) is 5.32 Å². The summed E-state index contributed by atoms with van der Waals surface area (Å²) in [4.78, 5) is 22.1. The first kappa shape index (κ1) is 16.9. The molecular weight excluding hydrogens is 303 g/mol. The Morgan fingerprint density at radius 1 is 1.33 bits per heavy atom. The van der Waals surface area contributed by atoms with E-state index in [-0.39, 0.29) is 24.4 Å². The number of benzene rings is 1. The van der Waals surface area contributed by atoms with Crippen LogP contribution in [0.5, 0.6) is 0 Å². The molecule has 9 heteroatoms. The molecule has 0 atom stereocenters. The van der Waals surface area contributed by atoms with Crippen LogP contribution in [0.4, 0.5) is 14.9 Å². The molecule has 0 bridgehead atoms. The summed E-state index contributed by atoms with van der Waals surface area (Å²) < 4.78 is 35.1. The SMILES string of the molecule is CS(=O)(=O)CCCNC(=O)Nc1ccc(C(=O)O)c(F)c1. The second kappa shape index (κ2) is 7.02. The maximum absolute atomic E-state index is 13.4. The van der Waals surface area contributed by atoms with Crippen LogP contribution in [0.2, 0.25) is 0 Å². The Kier molecular flexibility index (Phi) is 5.65. The van der Waals surface area contributed by atoms with Crippen LogP contribution in [0.3, 0.4) is 0 Å². The number of carboxylic acid groups (broad SMARTS) is 1. The summed E-state index contributed by atoms with van der Waals surface area (Å²) >= 11 is 0. The topological polar surface area (TPSA) is 113 Å². The highest BCUT2D eigenvalue weighted by Gasteiger charge is 2.11. The number of urea groups is 1. The summed E-state index contributed by atoms with van der Waals surface area (Å²) in [5.74, 6) is -2.41. The molecule has 1 aromatic rings. The normalized spacial score (nSPS) is 11.0. The third kappa shape index (κ3) is 6.21. The molecule has 0 aliphatic rings. The second-order valence-electron chi connectivity index (χ2n) is 4.36. The number of carboxylic acids is 1. The summed E-state index contributed by atoms with van der Waals surface area (Å²) in [6.45, 7) is 0.147. The minimum atomic E-state index is -3.08. The number of hydrogen-bond acceptors (Lipinski definition) is 4. The summed E-state index contributed by atoms with van der Waals surface area (Å²) in [7, 11) is -3.08. The fourth-order valence-corrected chi connectivity index (χ4v) is 2.15. The molecule has 2 amide bonds. The van der Waals surface area contributed by atoms with Gasteiger partial charge in [0.05, 0.1) is 11.3 Å². The highest BCUT2D eigenvalue weighted by Crippen LogP contribution is 2.14. The van der Waals surface area contributed by atoms with Crippen LogP contribution >= 0.6 is 0 Å². The van der Waals surface area contributed by atoms with Crippen molar-refractivity contribution in [2.45, 2.75) is 6.42 Å². The predicted molar refractivity (Wildman–Crippen MR) is 74.7 cm³/mol. The Labute approximate surface area is 121 Å². The lowest BCUT2D eigenvalue weighted by Gasteiger charge is -2.08. The van der Waals surface area contributed by atoms with Crippen molar-refractivity contribution in [3.8, 4) is 0 Å². The van der Waals surface area contributed by atoms with Crippen LogP contribution < -0.4 is 10.6 Å².